The van der Waals surface area contributed by atoms with Crippen LogP contribution in [0.3, 0.4) is 0 Å². The third-order valence-electron chi connectivity index (χ3n) is 2.83. The Hall–Kier alpha value is -0.520. The fourth-order valence-corrected chi connectivity index (χ4v) is 3.04. The quantitative estimate of drug-likeness (QED) is 0.783. The Balaban J connectivity index is 2.50. The highest BCUT2D eigenvalue weighted by atomic mass is 32.2. The highest BCUT2D eigenvalue weighted by Crippen LogP contribution is 2.25. The number of aliphatic hydroxyl groups is 1. The molecule has 0 aliphatic heterocycles. The topological polar surface area (TPSA) is 49.3 Å². The zero-order chi connectivity index (χ0) is 12.8. The first-order valence-electron chi connectivity index (χ1n) is 5.67. The van der Waals surface area contributed by atoms with Crippen LogP contribution in [0.1, 0.15) is 29.9 Å². The Kier molecular flexibility index (Phi) is 6.02. The first kappa shape index (κ1) is 14.5. The van der Waals surface area contributed by atoms with E-state index >= 15 is 0 Å². The van der Waals surface area contributed by atoms with Gasteiger partial charge in [-0.05, 0) is 23.6 Å². The van der Waals surface area contributed by atoms with Gasteiger partial charge in [0.2, 0.25) is 0 Å². The molecule has 0 fully saturated rings. The predicted molar refractivity (Wildman–Crippen MR) is 73.9 cm³/mol. The number of carbonyl (C=O) groups excluding carboxylic acids is 1. The van der Waals surface area contributed by atoms with E-state index in [1.165, 1.54) is 11.3 Å². The van der Waals surface area contributed by atoms with E-state index in [0.29, 0.717) is 6.54 Å². The maximum atomic E-state index is 11.9. The van der Waals surface area contributed by atoms with Crippen LogP contribution in [-0.2, 0) is 0 Å². The molecule has 17 heavy (non-hydrogen) atoms. The number of aliphatic hydroxyl groups excluding tert-OH is 1. The van der Waals surface area contributed by atoms with Gasteiger partial charge >= 0.3 is 0 Å². The molecule has 0 aliphatic carbocycles. The smallest absolute Gasteiger partial charge is 0.262 e. The highest BCUT2D eigenvalue weighted by molar-refractivity contribution is 7.98. The number of nitrogens with one attached hydrogen (secondary N) is 1. The van der Waals surface area contributed by atoms with Crippen molar-refractivity contribution in [2.24, 2.45) is 5.92 Å². The fraction of sp³-hybridized carbons (Fsp3) is 0.583. The summed E-state index contributed by atoms with van der Waals surface area (Å²) in [6.07, 6.45) is 2.39. The largest absolute Gasteiger partial charge is 0.391 e. The van der Waals surface area contributed by atoms with Gasteiger partial charge in [0.25, 0.3) is 5.91 Å². The van der Waals surface area contributed by atoms with Gasteiger partial charge < -0.3 is 10.4 Å². The molecule has 0 aliphatic rings. The van der Waals surface area contributed by atoms with Crippen LogP contribution >= 0.6 is 23.1 Å². The minimum Gasteiger partial charge on any atom is -0.391 e. The summed E-state index contributed by atoms with van der Waals surface area (Å²) < 4.78 is 0. The molecule has 1 heterocycles. The Bertz CT molecular complexity index is 365. The number of carbonyl (C=O) groups is 1. The third-order valence-corrected chi connectivity index (χ3v) is 4.65. The SMILES string of the molecule is CCC(C)C(O)CNC(=O)c1sccc1SC. The molecule has 3 nitrogen and oxygen atoms in total. The summed E-state index contributed by atoms with van der Waals surface area (Å²) in [5.41, 5.74) is 0. The fourth-order valence-electron chi connectivity index (χ4n) is 1.37. The van der Waals surface area contributed by atoms with Crippen LogP contribution in [0.5, 0.6) is 0 Å². The molecule has 2 atom stereocenters. The Morgan fingerprint density at radius 3 is 2.94 bits per heavy atom. The second-order valence-corrected chi connectivity index (χ2v) is 5.75. The van der Waals surface area contributed by atoms with E-state index < -0.39 is 6.10 Å². The molecule has 1 rings (SSSR count). The Morgan fingerprint density at radius 2 is 2.35 bits per heavy atom. The third kappa shape index (κ3) is 4.01. The van der Waals surface area contributed by atoms with E-state index in [2.05, 4.69) is 5.32 Å². The number of rotatable bonds is 6. The summed E-state index contributed by atoms with van der Waals surface area (Å²) in [5, 5.41) is 14.5. The lowest BCUT2D eigenvalue weighted by Crippen LogP contribution is -2.35. The van der Waals surface area contributed by atoms with Gasteiger partial charge in [-0.2, -0.15) is 0 Å². The number of thioether (sulfide) groups is 1. The van der Waals surface area contributed by atoms with Crippen LogP contribution in [0, 0.1) is 5.92 Å². The molecule has 2 N–H and O–H groups in total. The normalized spacial score (nSPS) is 14.4. The molecule has 1 aromatic heterocycles. The zero-order valence-corrected chi connectivity index (χ0v) is 12.0. The van der Waals surface area contributed by atoms with E-state index in [9.17, 15) is 9.90 Å². The van der Waals surface area contributed by atoms with E-state index in [1.54, 1.807) is 11.8 Å². The van der Waals surface area contributed by atoms with E-state index in [1.807, 2.05) is 31.5 Å². The lowest BCUT2D eigenvalue weighted by Gasteiger charge is -2.17. The first-order valence-corrected chi connectivity index (χ1v) is 7.78. The lowest BCUT2D eigenvalue weighted by atomic mass is 10.0. The van der Waals surface area contributed by atoms with Gasteiger partial charge in [-0.3, -0.25) is 4.79 Å². The Labute approximate surface area is 111 Å². The maximum absolute atomic E-state index is 11.9. The second kappa shape index (κ2) is 7.03. The monoisotopic (exact) mass is 273 g/mol. The zero-order valence-electron chi connectivity index (χ0n) is 10.4. The van der Waals surface area contributed by atoms with Crippen molar-refractivity contribution in [2.45, 2.75) is 31.3 Å². The summed E-state index contributed by atoms with van der Waals surface area (Å²) in [6, 6.07) is 1.94. The average Bonchev–Trinajstić information content (AvgIpc) is 2.82. The van der Waals surface area contributed by atoms with Crippen LogP contribution in [0.25, 0.3) is 0 Å². The van der Waals surface area contributed by atoms with Gasteiger partial charge in [0.15, 0.2) is 0 Å². The van der Waals surface area contributed by atoms with Crippen molar-refractivity contribution in [1.82, 2.24) is 5.32 Å². The van der Waals surface area contributed by atoms with Gasteiger partial charge in [-0.25, -0.2) is 0 Å². The van der Waals surface area contributed by atoms with Crippen molar-refractivity contribution in [3.63, 3.8) is 0 Å². The minimum absolute atomic E-state index is 0.0910. The van der Waals surface area contributed by atoms with E-state index in [4.69, 9.17) is 0 Å². The molecule has 0 spiro atoms. The standard InChI is InChI=1S/C12H19NO2S2/c1-4-8(2)9(14)7-13-12(15)11-10(16-3)5-6-17-11/h5-6,8-9,14H,4,7H2,1-3H3,(H,13,15). The van der Waals surface area contributed by atoms with Crippen molar-refractivity contribution in [2.75, 3.05) is 12.8 Å². The van der Waals surface area contributed by atoms with E-state index in [0.717, 1.165) is 16.2 Å². The molecular weight excluding hydrogens is 254 g/mol. The van der Waals surface area contributed by atoms with Gasteiger partial charge in [0.05, 0.1) is 6.10 Å². The van der Waals surface area contributed by atoms with Crippen LogP contribution in [-0.4, -0.2) is 29.9 Å². The van der Waals surface area contributed by atoms with Crippen molar-refractivity contribution in [3.8, 4) is 0 Å². The molecule has 5 heteroatoms. The van der Waals surface area contributed by atoms with Crippen LogP contribution in [0.4, 0.5) is 0 Å². The molecule has 1 amide bonds. The number of amides is 1. The summed E-state index contributed by atoms with van der Waals surface area (Å²) in [4.78, 5) is 13.6. The summed E-state index contributed by atoms with van der Waals surface area (Å²) in [7, 11) is 0. The summed E-state index contributed by atoms with van der Waals surface area (Å²) >= 11 is 3.00. The van der Waals surface area contributed by atoms with Crippen molar-refractivity contribution >= 4 is 29.0 Å². The van der Waals surface area contributed by atoms with Crippen LogP contribution < -0.4 is 5.32 Å². The molecule has 1 aromatic rings. The van der Waals surface area contributed by atoms with Gasteiger partial charge in [-0.1, -0.05) is 20.3 Å². The lowest BCUT2D eigenvalue weighted by molar-refractivity contribution is 0.0851. The van der Waals surface area contributed by atoms with Crippen molar-refractivity contribution in [3.05, 3.63) is 16.3 Å². The summed E-state index contributed by atoms with van der Waals surface area (Å²) in [6.45, 7) is 4.33. The number of hydrogen-bond acceptors (Lipinski definition) is 4. The Morgan fingerprint density at radius 1 is 1.65 bits per heavy atom. The number of hydrogen-bond donors (Lipinski definition) is 2. The maximum Gasteiger partial charge on any atom is 0.262 e. The van der Waals surface area contributed by atoms with Gasteiger partial charge in [0, 0.05) is 11.4 Å². The highest BCUT2D eigenvalue weighted by Gasteiger charge is 2.16. The predicted octanol–water partition coefficient (Wildman–Crippen LogP) is 2.61. The molecule has 0 radical (unpaired) electrons. The van der Waals surface area contributed by atoms with Crippen molar-refractivity contribution < 1.29 is 9.90 Å². The van der Waals surface area contributed by atoms with Crippen molar-refractivity contribution in [1.29, 1.82) is 0 Å². The summed E-state index contributed by atoms with van der Waals surface area (Å²) in [5.74, 6) is 0.116. The molecule has 0 saturated carbocycles. The molecule has 0 saturated heterocycles. The average molecular weight is 273 g/mol. The molecule has 2 unspecified atom stereocenters. The molecule has 0 aromatic carbocycles. The van der Waals surface area contributed by atoms with Gasteiger partial charge in [0.1, 0.15) is 4.88 Å². The first-order chi connectivity index (χ1) is 8.10. The van der Waals surface area contributed by atoms with Crippen LogP contribution in [0.2, 0.25) is 0 Å². The van der Waals surface area contributed by atoms with Gasteiger partial charge in [-0.15, -0.1) is 23.1 Å². The number of thiophene rings is 1. The van der Waals surface area contributed by atoms with Crippen LogP contribution in [0.15, 0.2) is 16.3 Å². The molecular formula is C12H19NO2S2. The molecule has 96 valence electrons. The minimum atomic E-state index is -0.471. The molecule has 0 bridgehead atoms. The van der Waals surface area contributed by atoms with E-state index in [-0.39, 0.29) is 11.8 Å². The second-order valence-electron chi connectivity index (χ2n) is 3.98.